The summed E-state index contributed by atoms with van der Waals surface area (Å²) < 4.78 is 0. The molecule has 80 valence electrons. The lowest BCUT2D eigenvalue weighted by Crippen LogP contribution is -2.20. The number of aromatic amines is 2. The SMILES string of the molecule is CC(C)(C)CC(CN)c1n[nH]c(=O)[nH]1. The molecule has 5 heteroatoms. The van der Waals surface area contributed by atoms with Crippen LogP contribution in [-0.4, -0.2) is 21.7 Å². The summed E-state index contributed by atoms with van der Waals surface area (Å²) >= 11 is 0. The number of nitrogens with one attached hydrogen (secondary N) is 2. The van der Waals surface area contributed by atoms with Gasteiger partial charge in [0.25, 0.3) is 0 Å². The predicted octanol–water partition coefficient (Wildman–Crippen LogP) is 0.577. The largest absolute Gasteiger partial charge is 0.340 e. The zero-order valence-electron chi connectivity index (χ0n) is 8.92. The molecule has 0 fully saturated rings. The lowest BCUT2D eigenvalue weighted by molar-refractivity contribution is 0.336. The van der Waals surface area contributed by atoms with Crippen molar-refractivity contribution >= 4 is 0 Å². The topological polar surface area (TPSA) is 87.6 Å². The second kappa shape index (κ2) is 3.96. The molecule has 0 aromatic carbocycles. The van der Waals surface area contributed by atoms with Crippen LogP contribution in [0.5, 0.6) is 0 Å². The average Bonchev–Trinajstić information content (AvgIpc) is 2.46. The molecule has 5 nitrogen and oxygen atoms in total. The summed E-state index contributed by atoms with van der Waals surface area (Å²) in [6.45, 7) is 6.92. The van der Waals surface area contributed by atoms with Crippen LogP contribution < -0.4 is 11.4 Å². The molecule has 1 atom stereocenters. The molecule has 0 saturated carbocycles. The van der Waals surface area contributed by atoms with E-state index in [1.54, 1.807) is 0 Å². The molecule has 0 saturated heterocycles. The van der Waals surface area contributed by atoms with E-state index >= 15 is 0 Å². The number of hydrogen-bond acceptors (Lipinski definition) is 3. The summed E-state index contributed by atoms with van der Waals surface area (Å²) in [5, 5.41) is 6.25. The first kappa shape index (κ1) is 11.0. The van der Waals surface area contributed by atoms with Gasteiger partial charge < -0.3 is 5.73 Å². The van der Waals surface area contributed by atoms with Crippen molar-refractivity contribution in [2.24, 2.45) is 11.1 Å². The van der Waals surface area contributed by atoms with Crippen molar-refractivity contribution in [3.05, 3.63) is 16.3 Å². The summed E-state index contributed by atoms with van der Waals surface area (Å²) in [4.78, 5) is 13.5. The fraction of sp³-hybridized carbons (Fsp3) is 0.778. The molecule has 4 N–H and O–H groups in total. The Balaban J connectivity index is 2.77. The number of hydrogen-bond donors (Lipinski definition) is 3. The smallest absolute Gasteiger partial charge is 0.330 e. The second-order valence-corrected chi connectivity index (χ2v) is 4.76. The zero-order chi connectivity index (χ0) is 10.8. The van der Waals surface area contributed by atoms with Gasteiger partial charge in [0.1, 0.15) is 5.82 Å². The minimum Gasteiger partial charge on any atom is -0.330 e. The molecule has 0 spiro atoms. The van der Waals surface area contributed by atoms with E-state index in [2.05, 4.69) is 36.0 Å². The van der Waals surface area contributed by atoms with Crippen LogP contribution in [0.25, 0.3) is 0 Å². The fourth-order valence-electron chi connectivity index (χ4n) is 1.51. The molecule has 0 aliphatic carbocycles. The van der Waals surface area contributed by atoms with Gasteiger partial charge in [-0.1, -0.05) is 20.8 Å². The maximum absolute atomic E-state index is 10.9. The highest BCUT2D eigenvalue weighted by molar-refractivity contribution is 4.95. The predicted molar refractivity (Wildman–Crippen MR) is 55.1 cm³/mol. The highest BCUT2D eigenvalue weighted by Crippen LogP contribution is 2.28. The van der Waals surface area contributed by atoms with Gasteiger partial charge >= 0.3 is 5.69 Å². The molecule has 1 aromatic rings. The van der Waals surface area contributed by atoms with Gasteiger partial charge in [-0.3, -0.25) is 4.98 Å². The highest BCUT2D eigenvalue weighted by Gasteiger charge is 2.21. The van der Waals surface area contributed by atoms with Crippen molar-refractivity contribution < 1.29 is 0 Å². The Bertz CT molecular complexity index is 333. The first-order valence-electron chi connectivity index (χ1n) is 4.77. The molecule has 1 heterocycles. The monoisotopic (exact) mass is 198 g/mol. The lowest BCUT2D eigenvalue weighted by atomic mass is 9.84. The van der Waals surface area contributed by atoms with Crippen molar-refractivity contribution in [3.8, 4) is 0 Å². The van der Waals surface area contributed by atoms with Crippen molar-refractivity contribution in [3.63, 3.8) is 0 Å². The normalized spacial score (nSPS) is 14.3. The Morgan fingerprint density at radius 3 is 2.50 bits per heavy atom. The third kappa shape index (κ3) is 2.99. The van der Waals surface area contributed by atoms with Crippen LogP contribution >= 0.6 is 0 Å². The number of aromatic nitrogens is 3. The van der Waals surface area contributed by atoms with E-state index in [-0.39, 0.29) is 17.0 Å². The summed E-state index contributed by atoms with van der Waals surface area (Å²) in [6, 6.07) is 0. The second-order valence-electron chi connectivity index (χ2n) is 4.76. The summed E-state index contributed by atoms with van der Waals surface area (Å²) in [5.41, 5.74) is 5.55. The molecule has 1 rings (SSSR count). The van der Waals surface area contributed by atoms with Gasteiger partial charge in [0.05, 0.1) is 0 Å². The van der Waals surface area contributed by atoms with E-state index < -0.39 is 0 Å². The van der Waals surface area contributed by atoms with Crippen molar-refractivity contribution in [1.29, 1.82) is 0 Å². The molecular weight excluding hydrogens is 180 g/mol. The van der Waals surface area contributed by atoms with E-state index in [1.165, 1.54) is 0 Å². The van der Waals surface area contributed by atoms with Crippen molar-refractivity contribution in [1.82, 2.24) is 15.2 Å². The quantitative estimate of drug-likeness (QED) is 0.663. The third-order valence-electron chi connectivity index (χ3n) is 2.05. The van der Waals surface area contributed by atoms with Gasteiger partial charge in [-0.2, -0.15) is 5.10 Å². The molecule has 1 unspecified atom stereocenters. The van der Waals surface area contributed by atoms with E-state index in [9.17, 15) is 4.79 Å². The number of rotatable bonds is 3. The fourth-order valence-corrected chi connectivity index (χ4v) is 1.51. The highest BCUT2D eigenvalue weighted by atomic mass is 16.1. The standard InChI is InChI=1S/C9H18N4O/c1-9(2,3)4-6(5-10)7-11-8(14)13-12-7/h6H,4-5,10H2,1-3H3,(H2,11,12,13,14). The zero-order valence-corrected chi connectivity index (χ0v) is 8.92. The van der Waals surface area contributed by atoms with Crippen LogP contribution in [0, 0.1) is 5.41 Å². The summed E-state index contributed by atoms with van der Waals surface area (Å²) in [5.74, 6) is 0.779. The first-order chi connectivity index (χ1) is 6.42. The molecule has 0 bridgehead atoms. The van der Waals surface area contributed by atoms with Gasteiger partial charge in [-0.05, 0) is 11.8 Å². The lowest BCUT2D eigenvalue weighted by Gasteiger charge is -2.23. The van der Waals surface area contributed by atoms with E-state index in [0.29, 0.717) is 12.4 Å². The molecule has 0 aliphatic heterocycles. The Hall–Kier alpha value is -1.10. The van der Waals surface area contributed by atoms with Crippen LogP contribution in [0.1, 0.15) is 38.9 Å². The Kier molecular flexibility index (Phi) is 3.10. The Morgan fingerprint density at radius 1 is 1.50 bits per heavy atom. The van der Waals surface area contributed by atoms with Crippen molar-refractivity contribution in [2.45, 2.75) is 33.1 Å². The van der Waals surface area contributed by atoms with Crippen LogP contribution in [0.2, 0.25) is 0 Å². The molecule has 0 amide bonds. The average molecular weight is 198 g/mol. The van der Waals surface area contributed by atoms with E-state index in [4.69, 9.17) is 5.73 Å². The number of H-pyrrole nitrogens is 2. The third-order valence-corrected chi connectivity index (χ3v) is 2.05. The molecule has 14 heavy (non-hydrogen) atoms. The van der Waals surface area contributed by atoms with Crippen LogP contribution in [0.15, 0.2) is 4.79 Å². The summed E-state index contributed by atoms with van der Waals surface area (Å²) in [6.07, 6.45) is 0.907. The minimum absolute atomic E-state index is 0.119. The van der Waals surface area contributed by atoms with Crippen molar-refractivity contribution in [2.75, 3.05) is 6.54 Å². The Labute approximate surface area is 83.1 Å². The van der Waals surface area contributed by atoms with E-state index in [1.807, 2.05) is 0 Å². The molecule has 1 aromatic heterocycles. The van der Waals surface area contributed by atoms with Crippen LogP contribution in [-0.2, 0) is 0 Å². The molecule has 0 radical (unpaired) electrons. The van der Waals surface area contributed by atoms with Crippen LogP contribution in [0.3, 0.4) is 0 Å². The van der Waals surface area contributed by atoms with Gasteiger partial charge in [0.2, 0.25) is 0 Å². The number of nitrogens with zero attached hydrogens (tertiary/aromatic N) is 1. The van der Waals surface area contributed by atoms with Gasteiger partial charge in [-0.25, -0.2) is 9.89 Å². The maximum atomic E-state index is 10.9. The first-order valence-corrected chi connectivity index (χ1v) is 4.77. The maximum Gasteiger partial charge on any atom is 0.340 e. The molecule has 0 aliphatic rings. The Morgan fingerprint density at radius 2 is 2.14 bits per heavy atom. The van der Waals surface area contributed by atoms with Gasteiger partial charge in [0.15, 0.2) is 0 Å². The van der Waals surface area contributed by atoms with E-state index in [0.717, 1.165) is 6.42 Å². The minimum atomic E-state index is -0.271. The van der Waals surface area contributed by atoms with Crippen LogP contribution in [0.4, 0.5) is 0 Å². The molecular formula is C9H18N4O. The van der Waals surface area contributed by atoms with Gasteiger partial charge in [0, 0.05) is 12.5 Å². The summed E-state index contributed by atoms with van der Waals surface area (Å²) in [7, 11) is 0. The van der Waals surface area contributed by atoms with Gasteiger partial charge in [-0.15, -0.1) is 0 Å². The number of nitrogens with two attached hydrogens (primary N) is 1.